The van der Waals surface area contributed by atoms with Gasteiger partial charge in [0.15, 0.2) is 0 Å². The van der Waals surface area contributed by atoms with Crippen molar-refractivity contribution in [1.82, 2.24) is 0 Å². The number of ether oxygens (including phenoxy) is 1. The van der Waals surface area contributed by atoms with Crippen molar-refractivity contribution in [1.29, 1.82) is 5.26 Å². The molecule has 0 spiro atoms. The molecule has 0 aliphatic carbocycles. The molecule has 0 aliphatic heterocycles. The zero-order valence-electron chi connectivity index (χ0n) is 14.1. The van der Waals surface area contributed by atoms with E-state index in [-0.39, 0.29) is 6.61 Å². The van der Waals surface area contributed by atoms with Gasteiger partial charge in [-0.3, -0.25) is 4.79 Å². The van der Waals surface area contributed by atoms with Gasteiger partial charge >= 0.3 is 5.97 Å². The average Bonchev–Trinajstić information content (AvgIpc) is 2.67. The molecule has 2 N–H and O–H groups in total. The third-order valence-corrected chi connectivity index (χ3v) is 3.68. The maximum absolute atomic E-state index is 11.6. The normalized spacial score (nSPS) is 12.2. The topological polar surface area (TPSA) is 97.7 Å². The van der Waals surface area contributed by atoms with Crippen LogP contribution in [-0.4, -0.2) is 18.8 Å². The minimum atomic E-state index is -0.873. The van der Waals surface area contributed by atoms with Gasteiger partial charge in [0, 0.05) is 5.56 Å². The molecule has 0 saturated heterocycles. The Kier molecular flexibility index (Phi) is 6.26. The summed E-state index contributed by atoms with van der Waals surface area (Å²) in [6.45, 7) is 1.96. The first-order valence-corrected chi connectivity index (χ1v) is 7.65. The Morgan fingerprint density at radius 1 is 1.28 bits per heavy atom. The summed E-state index contributed by atoms with van der Waals surface area (Å²) in [4.78, 5) is 17.1. The molecule has 0 aromatic heterocycles. The van der Waals surface area contributed by atoms with Crippen LogP contribution < -0.4 is 5.73 Å². The zero-order valence-corrected chi connectivity index (χ0v) is 14.1. The van der Waals surface area contributed by atoms with E-state index in [2.05, 4.69) is 16.0 Å². The molecule has 6 heteroatoms. The van der Waals surface area contributed by atoms with Gasteiger partial charge in [-0.25, -0.2) is 0 Å². The molecule has 2 aromatic rings. The average molecular weight is 337 g/mol. The molecule has 128 valence electrons. The van der Waals surface area contributed by atoms with Crippen LogP contribution in [0.2, 0.25) is 0 Å². The number of esters is 1. The van der Waals surface area contributed by atoms with Crippen molar-refractivity contribution in [3.8, 4) is 6.07 Å². The van der Waals surface area contributed by atoms with Gasteiger partial charge in [-0.1, -0.05) is 41.6 Å². The van der Waals surface area contributed by atoms with Crippen LogP contribution in [-0.2, 0) is 21.0 Å². The highest BCUT2D eigenvalue weighted by Crippen LogP contribution is 2.18. The largest absolute Gasteiger partial charge is 0.468 e. The SMILES string of the molecule is COC(=O)[C@@H](N)c1ccccc1CO/N=C(\C)c1cccc(C#N)c1. The Labute approximate surface area is 146 Å². The molecular formula is C19H19N3O3. The number of carbonyl (C=O) groups excluding carboxylic acids is 1. The fourth-order valence-electron chi connectivity index (χ4n) is 2.29. The van der Waals surface area contributed by atoms with E-state index < -0.39 is 12.0 Å². The highest BCUT2D eigenvalue weighted by Gasteiger charge is 2.19. The molecule has 0 unspecified atom stereocenters. The second-order valence-corrected chi connectivity index (χ2v) is 5.34. The molecule has 2 aromatic carbocycles. The highest BCUT2D eigenvalue weighted by molar-refractivity contribution is 5.98. The molecular weight excluding hydrogens is 318 g/mol. The van der Waals surface area contributed by atoms with E-state index in [0.29, 0.717) is 16.8 Å². The predicted molar refractivity (Wildman–Crippen MR) is 93.5 cm³/mol. The van der Waals surface area contributed by atoms with Gasteiger partial charge in [-0.05, 0) is 30.2 Å². The summed E-state index contributed by atoms with van der Waals surface area (Å²) >= 11 is 0. The quantitative estimate of drug-likeness (QED) is 0.496. The van der Waals surface area contributed by atoms with E-state index in [1.165, 1.54) is 7.11 Å². The number of hydrogen-bond acceptors (Lipinski definition) is 6. The summed E-state index contributed by atoms with van der Waals surface area (Å²) in [6.07, 6.45) is 0. The molecule has 2 rings (SSSR count). The number of oxime groups is 1. The summed E-state index contributed by atoms with van der Waals surface area (Å²) in [6, 6.07) is 15.5. The first kappa shape index (κ1) is 18.2. The summed E-state index contributed by atoms with van der Waals surface area (Å²) in [5, 5.41) is 13.0. The number of carbonyl (C=O) groups is 1. The molecule has 0 aliphatic rings. The van der Waals surface area contributed by atoms with Crippen LogP contribution in [0.3, 0.4) is 0 Å². The van der Waals surface area contributed by atoms with Crippen molar-refractivity contribution in [3.63, 3.8) is 0 Å². The fraction of sp³-hybridized carbons (Fsp3) is 0.211. The molecule has 25 heavy (non-hydrogen) atoms. The molecule has 0 heterocycles. The Hall–Kier alpha value is -3.17. The molecule has 0 amide bonds. The number of nitrogens with two attached hydrogens (primary N) is 1. The number of hydrogen-bond donors (Lipinski definition) is 1. The van der Waals surface area contributed by atoms with Gasteiger partial charge in [-0.2, -0.15) is 5.26 Å². The lowest BCUT2D eigenvalue weighted by Gasteiger charge is -2.14. The molecule has 1 atom stereocenters. The Morgan fingerprint density at radius 3 is 2.76 bits per heavy atom. The lowest BCUT2D eigenvalue weighted by Crippen LogP contribution is -2.23. The second kappa shape index (κ2) is 8.62. The first-order valence-electron chi connectivity index (χ1n) is 7.65. The number of methoxy groups -OCH3 is 1. The minimum Gasteiger partial charge on any atom is -0.468 e. The summed E-state index contributed by atoms with van der Waals surface area (Å²) in [7, 11) is 1.30. The standard InChI is InChI=1S/C19H19N3O3/c1-13(15-8-5-6-14(10-15)11-20)22-25-12-16-7-3-4-9-17(16)18(21)19(23)24-2/h3-10,18H,12,21H2,1-2H3/b22-13+/t18-/m0/s1. The Balaban J connectivity index is 2.11. The van der Waals surface area contributed by atoms with Crippen molar-refractivity contribution < 1.29 is 14.4 Å². The maximum Gasteiger partial charge on any atom is 0.327 e. The van der Waals surface area contributed by atoms with Crippen LogP contribution in [0.5, 0.6) is 0 Å². The van der Waals surface area contributed by atoms with Gasteiger partial charge in [0.1, 0.15) is 12.6 Å². The van der Waals surface area contributed by atoms with Crippen LogP contribution in [0.1, 0.15) is 35.2 Å². The van der Waals surface area contributed by atoms with Crippen molar-refractivity contribution in [2.75, 3.05) is 7.11 Å². The van der Waals surface area contributed by atoms with Crippen molar-refractivity contribution in [3.05, 3.63) is 70.8 Å². The Bertz CT molecular complexity index is 825. The minimum absolute atomic E-state index is 0.163. The maximum atomic E-state index is 11.6. The van der Waals surface area contributed by atoms with Gasteiger partial charge in [0.2, 0.25) is 0 Å². The third kappa shape index (κ3) is 4.66. The van der Waals surface area contributed by atoms with Crippen LogP contribution in [0.25, 0.3) is 0 Å². The Morgan fingerprint density at radius 2 is 2.04 bits per heavy atom. The van der Waals surface area contributed by atoms with Crippen LogP contribution in [0.15, 0.2) is 53.7 Å². The van der Waals surface area contributed by atoms with E-state index >= 15 is 0 Å². The fourth-order valence-corrected chi connectivity index (χ4v) is 2.29. The van der Waals surface area contributed by atoms with E-state index in [1.807, 2.05) is 18.2 Å². The van der Waals surface area contributed by atoms with E-state index in [4.69, 9.17) is 15.8 Å². The number of benzene rings is 2. The number of rotatable bonds is 6. The number of nitrogens with zero attached hydrogens (tertiary/aromatic N) is 2. The van der Waals surface area contributed by atoms with E-state index in [1.54, 1.807) is 37.3 Å². The third-order valence-electron chi connectivity index (χ3n) is 3.68. The summed E-state index contributed by atoms with van der Waals surface area (Å²) < 4.78 is 4.69. The molecule has 0 radical (unpaired) electrons. The predicted octanol–water partition coefficient (Wildman–Crippen LogP) is 2.67. The van der Waals surface area contributed by atoms with Crippen molar-refractivity contribution >= 4 is 11.7 Å². The van der Waals surface area contributed by atoms with Crippen LogP contribution >= 0.6 is 0 Å². The summed E-state index contributed by atoms with van der Waals surface area (Å²) in [5.41, 5.74) is 9.30. The van der Waals surface area contributed by atoms with E-state index in [9.17, 15) is 4.79 Å². The molecule has 0 saturated carbocycles. The monoisotopic (exact) mass is 337 g/mol. The lowest BCUT2D eigenvalue weighted by molar-refractivity contribution is -0.142. The van der Waals surface area contributed by atoms with Gasteiger partial charge in [0.05, 0.1) is 24.5 Å². The molecule has 6 nitrogen and oxygen atoms in total. The first-order chi connectivity index (χ1) is 12.1. The number of nitriles is 1. The highest BCUT2D eigenvalue weighted by atomic mass is 16.6. The van der Waals surface area contributed by atoms with Crippen molar-refractivity contribution in [2.45, 2.75) is 19.6 Å². The molecule has 0 bridgehead atoms. The lowest BCUT2D eigenvalue weighted by atomic mass is 10.0. The summed E-state index contributed by atoms with van der Waals surface area (Å²) in [5.74, 6) is -0.513. The van der Waals surface area contributed by atoms with Gasteiger partial charge in [-0.15, -0.1) is 0 Å². The van der Waals surface area contributed by atoms with Gasteiger partial charge < -0.3 is 15.3 Å². The zero-order chi connectivity index (χ0) is 18.2. The van der Waals surface area contributed by atoms with Crippen LogP contribution in [0.4, 0.5) is 0 Å². The van der Waals surface area contributed by atoms with E-state index in [0.717, 1.165) is 11.1 Å². The molecule has 0 fully saturated rings. The second-order valence-electron chi connectivity index (χ2n) is 5.34. The smallest absolute Gasteiger partial charge is 0.327 e. The van der Waals surface area contributed by atoms with Crippen LogP contribution in [0, 0.1) is 11.3 Å². The van der Waals surface area contributed by atoms with Crippen molar-refractivity contribution in [2.24, 2.45) is 10.9 Å². The van der Waals surface area contributed by atoms with Gasteiger partial charge in [0.25, 0.3) is 0 Å².